The molecule has 1 aliphatic heterocycles. The minimum absolute atomic E-state index is 0.0697. The zero-order chi connectivity index (χ0) is 16.7. The zero-order valence-electron chi connectivity index (χ0n) is 13.5. The van der Waals surface area contributed by atoms with Gasteiger partial charge in [-0.1, -0.05) is 12.1 Å². The topological polar surface area (TPSA) is 75.7 Å². The van der Waals surface area contributed by atoms with Crippen LogP contribution >= 0.6 is 0 Å². The van der Waals surface area contributed by atoms with Gasteiger partial charge < -0.3 is 10.1 Å². The molecule has 0 unspecified atom stereocenters. The second-order valence-electron chi connectivity index (χ2n) is 5.65. The average molecular weight is 340 g/mol. The van der Waals surface area contributed by atoms with Crippen molar-refractivity contribution < 1.29 is 17.9 Å². The third-order valence-electron chi connectivity index (χ3n) is 3.86. The van der Waals surface area contributed by atoms with Crippen molar-refractivity contribution in [3.05, 3.63) is 29.8 Å². The summed E-state index contributed by atoms with van der Waals surface area (Å²) in [7, 11) is -1.48. The fourth-order valence-electron chi connectivity index (χ4n) is 2.61. The van der Waals surface area contributed by atoms with E-state index in [-0.39, 0.29) is 11.7 Å². The van der Waals surface area contributed by atoms with E-state index in [4.69, 9.17) is 4.74 Å². The molecule has 1 aliphatic rings. The molecule has 1 fully saturated rings. The minimum Gasteiger partial charge on any atom is -0.497 e. The van der Waals surface area contributed by atoms with E-state index in [1.807, 2.05) is 24.3 Å². The van der Waals surface area contributed by atoms with Crippen LogP contribution in [0.15, 0.2) is 24.3 Å². The Kier molecular flexibility index (Phi) is 6.41. The molecule has 1 N–H and O–H groups in total. The molecule has 0 aliphatic carbocycles. The summed E-state index contributed by atoms with van der Waals surface area (Å²) in [5.74, 6) is 0.903. The van der Waals surface area contributed by atoms with E-state index in [0.29, 0.717) is 32.5 Å². The number of carbonyl (C=O) groups excluding carboxylic acids is 1. The monoisotopic (exact) mass is 340 g/mol. The molecule has 23 heavy (non-hydrogen) atoms. The first-order valence-electron chi connectivity index (χ1n) is 7.89. The van der Waals surface area contributed by atoms with Crippen LogP contribution in [0.25, 0.3) is 0 Å². The van der Waals surface area contributed by atoms with Gasteiger partial charge in [0.2, 0.25) is 15.9 Å². The van der Waals surface area contributed by atoms with Crippen LogP contribution in [0.4, 0.5) is 0 Å². The van der Waals surface area contributed by atoms with Crippen LogP contribution in [-0.2, 0) is 21.2 Å². The number of hydrogen-bond acceptors (Lipinski definition) is 4. The summed E-state index contributed by atoms with van der Waals surface area (Å²) in [6.07, 6.45) is 2.58. The summed E-state index contributed by atoms with van der Waals surface area (Å²) < 4.78 is 30.3. The molecule has 128 valence electrons. The second kappa shape index (κ2) is 8.31. The molecule has 2 rings (SSSR count). The van der Waals surface area contributed by atoms with Crippen molar-refractivity contribution in [2.24, 2.45) is 0 Å². The smallest absolute Gasteiger partial charge is 0.224 e. The van der Waals surface area contributed by atoms with Crippen molar-refractivity contribution in [3.8, 4) is 5.75 Å². The van der Waals surface area contributed by atoms with Crippen molar-refractivity contribution in [2.75, 3.05) is 32.5 Å². The van der Waals surface area contributed by atoms with Gasteiger partial charge in [-0.25, -0.2) is 12.7 Å². The molecule has 1 amide bonds. The predicted octanol–water partition coefficient (Wildman–Crippen LogP) is 1.17. The lowest BCUT2D eigenvalue weighted by Crippen LogP contribution is -2.39. The lowest BCUT2D eigenvalue weighted by Gasteiger charge is -2.26. The van der Waals surface area contributed by atoms with Crippen molar-refractivity contribution >= 4 is 15.9 Å². The first-order chi connectivity index (χ1) is 11.0. The van der Waals surface area contributed by atoms with Gasteiger partial charge in [-0.05, 0) is 37.0 Å². The summed E-state index contributed by atoms with van der Waals surface area (Å²) in [6, 6.07) is 7.39. The SMILES string of the molecule is COc1cccc(CC(=O)NCCCN2CCCCS2(=O)=O)c1. The average Bonchev–Trinajstić information content (AvgIpc) is 2.52. The molecule has 0 aromatic heterocycles. The maximum Gasteiger partial charge on any atom is 0.224 e. The Morgan fingerprint density at radius 2 is 2.17 bits per heavy atom. The Morgan fingerprint density at radius 3 is 2.91 bits per heavy atom. The Bertz CT molecular complexity index is 631. The van der Waals surface area contributed by atoms with Crippen molar-refractivity contribution in [1.29, 1.82) is 0 Å². The molecule has 6 nitrogen and oxygen atoms in total. The number of amides is 1. The molecule has 1 heterocycles. The number of benzene rings is 1. The largest absolute Gasteiger partial charge is 0.497 e. The fraction of sp³-hybridized carbons (Fsp3) is 0.562. The number of sulfonamides is 1. The summed E-state index contributed by atoms with van der Waals surface area (Å²) in [6.45, 7) is 1.55. The Hall–Kier alpha value is -1.60. The number of ether oxygens (including phenoxy) is 1. The van der Waals surface area contributed by atoms with Crippen LogP contribution in [0.3, 0.4) is 0 Å². The van der Waals surface area contributed by atoms with E-state index in [1.54, 1.807) is 7.11 Å². The summed E-state index contributed by atoms with van der Waals surface area (Å²) in [4.78, 5) is 11.9. The van der Waals surface area contributed by atoms with E-state index in [1.165, 1.54) is 4.31 Å². The maximum atomic E-state index is 11.9. The van der Waals surface area contributed by atoms with Gasteiger partial charge in [0, 0.05) is 19.6 Å². The molecular weight excluding hydrogens is 316 g/mol. The molecule has 0 saturated carbocycles. The molecule has 0 atom stereocenters. The first kappa shape index (κ1) is 17.7. The maximum absolute atomic E-state index is 11.9. The van der Waals surface area contributed by atoms with Crippen LogP contribution in [0.2, 0.25) is 0 Å². The van der Waals surface area contributed by atoms with Crippen LogP contribution in [0, 0.1) is 0 Å². The van der Waals surface area contributed by atoms with Gasteiger partial charge in [0.05, 0.1) is 19.3 Å². The van der Waals surface area contributed by atoms with Gasteiger partial charge in [0.15, 0.2) is 0 Å². The number of nitrogens with zero attached hydrogens (tertiary/aromatic N) is 1. The summed E-state index contributed by atoms with van der Waals surface area (Å²) in [5.41, 5.74) is 0.889. The van der Waals surface area contributed by atoms with E-state index < -0.39 is 10.0 Å². The normalized spacial score (nSPS) is 17.6. The molecule has 1 aromatic rings. The van der Waals surface area contributed by atoms with Crippen LogP contribution in [0.5, 0.6) is 5.75 Å². The zero-order valence-corrected chi connectivity index (χ0v) is 14.3. The highest BCUT2D eigenvalue weighted by atomic mass is 32.2. The Balaban J connectivity index is 1.70. The van der Waals surface area contributed by atoms with Gasteiger partial charge in [-0.15, -0.1) is 0 Å². The molecular formula is C16H24N2O4S. The predicted molar refractivity (Wildman–Crippen MR) is 88.9 cm³/mol. The van der Waals surface area contributed by atoms with Crippen molar-refractivity contribution in [2.45, 2.75) is 25.7 Å². The van der Waals surface area contributed by atoms with Crippen molar-refractivity contribution in [3.63, 3.8) is 0 Å². The number of hydrogen-bond donors (Lipinski definition) is 1. The molecule has 1 saturated heterocycles. The number of carbonyl (C=O) groups is 1. The van der Waals surface area contributed by atoms with Gasteiger partial charge in [0.25, 0.3) is 0 Å². The van der Waals surface area contributed by atoms with Crippen LogP contribution < -0.4 is 10.1 Å². The van der Waals surface area contributed by atoms with E-state index in [0.717, 1.165) is 24.2 Å². The molecule has 1 aromatic carbocycles. The molecule has 0 bridgehead atoms. The van der Waals surface area contributed by atoms with Crippen LogP contribution in [-0.4, -0.2) is 51.1 Å². The van der Waals surface area contributed by atoms with E-state index in [9.17, 15) is 13.2 Å². The van der Waals surface area contributed by atoms with E-state index >= 15 is 0 Å². The third-order valence-corrected chi connectivity index (χ3v) is 5.82. The Labute approximate surface area is 137 Å². The van der Waals surface area contributed by atoms with Gasteiger partial charge in [-0.2, -0.15) is 0 Å². The second-order valence-corrected chi connectivity index (χ2v) is 7.74. The number of methoxy groups -OCH3 is 1. The molecule has 7 heteroatoms. The van der Waals surface area contributed by atoms with Gasteiger partial charge in [-0.3, -0.25) is 4.79 Å². The summed E-state index contributed by atoms with van der Waals surface area (Å²) in [5, 5.41) is 2.83. The lowest BCUT2D eigenvalue weighted by atomic mass is 10.1. The highest BCUT2D eigenvalue weighted by molar-refractivity contribution is 7.89. The third kappa shape index (κ3) is 5.51. The van der Waals surface area contributed by atoms with Crippen LogP contribution in [0.1, 0.15) is 24.8 Å². The highest BCUT2D eigenvalue weighted by Crippen LogP contribution is 2.14. The first-order valence-corrected chi connectivity index (χ1v) is 9.49. The fourth-order valence-corrected chi connectivity index (χ4v) is 4.25. The highest BCUT2D eigenvalue weighted by Gasteiger charge is 2.24. The van der Waals surface area contributed by atoms with Gasteiger partial charge in [0.1, 0.15) is 5.75 Å². The lowest BCUT2D eigenvalue weighted by molar-refractivity contribution is -0.120. The number of rotatable bonds is 7. The quantitative estimate of drug-likeness (QED) is 0.756. The van der Waals surface area contributed by atoms with E-state index in [2.05, 4.69) is 5.32 Å². The number of nitrogens with one attached hydrogen (secondary N) is 1. The Morgan fingerprint density at radius 1 is 1.35 bits per heavy atom. The summed E-state index contributed by atoms with van der Waals surface area (Å²) >= 11 is 0. The van der Waals surface area contributed by atoms with Gasteiger partial charge >= 0.3 is 0 Å². The molecule has 0 radical (unpaired) electrons. The standard InChI is InChI=1S/C16H24N2O4S/c1-22-15-7-4-6-14(12-15)13-16(19)17-8-5-10-18-9-2-3-11-23(18,20)21/h4,6-7,12H,2-3,5,8-11,13H2,1H3,(H,17,19). The minimum atomic E-state index is -3.07. The molecule has 0 spiro atoms. The van der Waals surface area contributed by atoms with Crippen molar-refractivity contribution in [1.82, 2.24) is 9.62 Å².